The van der Waals surface area contributed by atoms with Gasteiger partial charge in [-0.3, -0.25) is 4.79 Å². The predicted molar refractivity (Wildman–Crippen MR) is 89.7 cm³/mol. The van der Waals surface area contributed by atoms with Crippen molar-refractivity contribution in [3.63, 3.8) is 0 Å². The zero-order valence-corrected chi connectivity index (χ0v) is 14.6. The third-order valence-electron chi connectivity index (χ3n) is 2.74. The van der Waals surface area contributed by atoms with Gasteiger partial charge in [-0.25, -0.2) is 0 Å². The fourth-order valence-corrected chi connectivity index (χ4v) is 1.85. The highest BCUT2D eigenvalue weighted by atomic mass is 79.9. The Morgan fingerprint density at radius 1 is 1.23 bits per heavy atom. The quantitative estimate of drug-likeness (QED) is 0.208. The molecule has 122 valence electrons. The third kappa shape index (κ3) is 7.45. The van der Waals surface area contributed by atoms with Gasteiger partial charge in [-0.2, -0.15) is 0 Å². The van der Waals surface area contributed by atoms with Crippen molar-refractivity contribution in [3.8, 4) is 5.75 Å². The highest BCUT2D eigenvalue weighted by molar-refractivity contribution is 9.09. The number of benzene rings is 1. The van der Waals surface area contributed by atoms with Gasteiger partial charge in [-0.1, -0.05) is 40.1 Å². The van der Waals surface area contributed by atoms with E-state index in [0.717, 1.165) is 23.1 Å². The van der Waals surface area contributed by atoms with Crippen LogP contribution in [0, 0.1) is 0 Å². The Hall–Kier alpha value is -1.56. The van der Waals surface area contributed by atoms with Gasteiger partial charge in [0, 0.05) is 11.8 Å². The SMILES string of the molecule is CCCO/N=C(/CC(=O)OC)Cc1ccc(OCCBr)cc1. The summed E-state index contributed by atoms with van der Waals surface area (Å²) in [6.07, 6.45) is 1.54. The number of oxime groups is 1. The minimum absolute atomic E-state index is 0.127. The molecule has 1 aromatic rings. The van der Waals surface area contributed by atoms with Crippen LogP contribution in [0.15, 0.2) is 29.4 Å². The third-order valence-corrected chi connectivity index (χ3v) is 3.07. The summed E-state index contributed by atoms with van der Waals surface area (Å²) >= 11 is 3.32. The molecule has 0 unspecified atom stereocenters. The number of carbonyl (C=O) groups is 1. The lowest BCUT2D eigenvalue weighted by molar-refractivity contribution is -0.139. The lowest BCUT2D eigenvalue weighted by Crippen LogP contribution is -2.13. The van der Waals surface area contributed by atoms with Crippen molar-refractivity contribution in [2.45, 2.75) is 26.2 Å². The van der Waals surface area contributed by atoms with Crippen molar-refractivity contribution in [2.24, 2.45) is 5.16 Å². The van der Waals surface area contributed by atoms with Gasteiger partial charge >= 0.3 is 5.97 Å². The minimum atomic E-state index is -0.323. The monoisotopic (exact) mass is 371 g/mol. The van der Waals surface area contributed by atoms with E-state index >= 15 is 0 Å². The zero-order valence-electron chi connectivity index (χ0n) is 13.0. The van der Waals surface area contributed by atoms with Crippen LogP contribution in [0.1, 0.15) is 25.3 Å². The zero-order chi connectivity index (χ0) is 16.2. The molecule has 0 saturated carbocycles. The van der Waals surface area contributed by atoms with E-state index in [4.69, 9.17) is 9.57 Å². The van der Waals surface area contributed by atoms with Gasteiger partial charge in [-0.15, -0.1) is 0 Å². The summed E-state index contributed by atoms with van der Waals surface area (Å²) in [6.45, 7) is 3.16. The van der Waals surface area contributed by atoms with E-state index in [1.807, 2.05) is 31.2 Å². The second kappa shape index (κ2) is 11.1. The average Bonchev–Trinajstić information content (AvgIpc) is 2.54. The summed E-state index contributed by atoms with van der Waals surface area (Å²) in [5, 5.41) is 4.84. The molecule has 0 radical (unpaired) electrons. The molecule has 0 aliphatic carbocycles. The maximum atomic E-state index is 11.4. The van der Waals surface area contributed by atoms with Crippen molar-refractivity contribution in [1.82, 2.24) is 0 Å². The van der Waals surface area contributed by atoms with Crippen LogP contribution in [0.5, 0.6) is 5.75 Å². The molecule has 0 amide bonds. The Kier molecular flexibility index (Phi) is 9.30. The molecule has 0 fully saturated rings. The molecular weight excluding hydrogens is 350 g/mol. The van der Waals surface area contributed by atoms with E-state index in [9.17, 15) is 4.79 Å². The van der Waals surface area contributed by atoms with E-state index in [2.05, 4.69) is 25.8 Å². The average molecular weight is 372 g/mol. The summed E-state index contributed by atoms with van der Waals surface area (Å²) in [6, 6.07) is 7.72. The molecule has 0 heterocycles. The topological polar surface area (TPSA) is 57.1 Å². The maximum Gasteiger partial charge on any atom is 0.311 e. The molecule has 5 nitrogen and oxygen atoms in total. The Morgan fingerprint density at radius 3 is 2.55 bits per heavy atom. The van der Waals surface area contributed by atoms with Gasteiger partial charge in [0.25, 0.3) is 0 Å². The molecule has 6 heteroatoms. The second-order valence-corrected chi connectivity index (χ2v) is 5.39. The van der Waals surface area contributed by atoms with Gasteiger partial charge < -0.3 is 14.3 Å². The fourth-order valence-electron chi connectivity index (χ4n) is 1.69. The lowest BCUT2D eigenvalue weighted by Gasteiger charge is -2.08. The van der Waals surface area contributed by atoms with Gasteiger partial charge in [-0.05, 0) is 24.1 Å². The fraction of sp³-hybridized carbons (Fsp3) is 0.500. The number of nitrogens with zero attached hydrogens (tertiary/aromatic N) is 1. The first-order chi connectivity index (χ1) is 10.7. The number of halogens is 1. The molecule has 0 aromatic heterocycles. The number of alkyl halides is 1. The van der Waals surface area contributed by atoms with E-state index in [-0.39, 0.29) is 12.4 Å². The van der Waals surface area contributed by atoms with Gasteiger partial charge in [0.1, 0.15) is 12.4 Å². The van der Waals surface area contributed by atoms with Gasteiger partial charge in [0.05, 0.1) is 25.8 Å². The molecular formula is C16H22BrNO4. The first-order valence-electron chi connectivity index (χ1n) is 7.21. The van der Waals surface area contributed by atoms with Gasteiger partial charge in [0.2, 0.25) is 0 Å². The van der Waals surface area contributed by atoms with Crippen molar-refractivity contribution in [2.75, 3.05) is 25.7 Å². The standard InChI is InChI=1S/C16H22BrNO4/c1-3-9-22-18-14(12-16(19)20-2)11-13-4-6-15(7-5-13)21-10-8-17/h4-7H,3,8-12H2,1-2H3/b18-14+. The van der Waals surface area contributed by atoms with Crippen LogP contribution in [-0.4, -0.2) is 37.3 Å². The van der Waals surface area contributed by atoms with Crippen LogP contribution in [0.3, 0.4) is 0 Å². The number of esters is 1. The number of ether oxygens (including phenoxy) is 2. The van der Waals surface area contributed by atoms with E-state index in [1.165, 1.54) is 7.11 Å². The molecule has 0 aliphatic rings. The molecule has 0 atom stereocenters. The maximum absolute atomic E-state index is 11.4. The minimum Gasteiger partial charge on any atom is -0.493 e. The van der Waals surface area contributed by atoms with Crippen molar-refractivity contribution in [1.29, 1.82) is 0 Å². The number of methoxy groups -OCH3 is 1. The highest BCUT2D eigenvalue weighted by Gasteiger charge is 2.10. The summed E-state index contributed by atoms with van der Waals surface area (Å²) in [4.78, 5) is 16.6. The number of rotatable bonds is 10. The molecule has 1 aromatic carbocycles. The predicted octanol–water partition coefficient (Wildman–Crippen LogP) is 3.35. The highest BCUT2D eigenvalue weighted by Crippen LogP contribution is 2.14. The second-order valence-electron chi connectivity index (χ2n) is 4.60. The van der Waals surface area contributed by atoms with Gasteiger partial charge in [0.15, 0.2) is 0 Å². The summed E-state index contributed by atoms with van der Waals surface area (Å²) in [5.41, 5.74) is 1.68. The van der Waals surface area contributed by atoms with E-state index in [1.54, 1.807) is 0 Å². The number of carbonyl (C=O) groups excluding carboxylic acids is 1. The molecule has 0 bridgehead atoms. The molecule has 0 saturated heterocycles. The van der Waals surface area contributed by atoms with Crippen molar-refractivity contribution < 1.29 is 19.1 Å². The number of hydrogen-bond donors (Lipinski definition) is 0. The largest absolute Gasteiger partial charge is 0.493 e. The Morgan fingerprint density at radius 2 is 1.95 bits per heavy atom. The van der Waals surface area contributed by atoms with Crippen molar-refractivity contribution >= 4 is 27.6 Å². The molecule has 1 rings (SSSR count). The summed E-state index contributed by atoms with van der Waals surface area (Å²) < 4.78 is 10.2. The molecule has 0 aliphatic heterocycles. The van der Waals surface area contributed by atoms with Crippen LogP contribution >= 0.6 is 15.9 Å². The Balaban J connectivity index is 2.67. The first-order valence-corrected chi connectivity index (χ1v) is 8.34. The molecule has 0 N–H and O–H groups in total. The number of hydrogen-bond acceptors (Lipinski definition) is 5. The van der Waals surface area contributed by atoms with Crippen LogP contribution in [-0.2, 0) is 20.8 Å². The van der Waals surface area contributed by atoms with E-state index in [0.29, 0.717) is 25.3 Å². The van der Waals surface area contributed by atoms with Crippen molar-refractivity contribution in [3.05, 3.63) is 29.8 Å². The Labute approximate surface area is 139 Å². The van der Waals surface area contributed by atoms with Crippen LogP contribution < -0.4 is 4.74 Å². The van der Waals surface area contributed by atoms with E-state index < -0.39 is 0 Å². The Bertz CT molecular complexity index is 474. The van der Waals surface area contributed by atoms with Crippen LogP contribution in [0.2, 0.25) is 0 Å². The van der Waals surface area contributed by atoms with Crippen LogP contribution in [0.4, 0.5) is 0 Å². The summed E-state index contributed by atoms with van der Waals surface area (Å²) in [5.74, 6) is 0.494. The summed E-state index contributed by atoms with van der Waals surface area (Å²) in [7, 11) is 1.36. The van der Waals surface area contributed by atoms with Crippen LogP contribution in [0.25, 0.3) is 0 Å². The first kappa shape index (κ1) is 18.5. The normalized spacial score (nSPS) is 11.1. The lowest BCUT2D eigenvalue weighted by atomic mass is 10.1. The smallest absolute Gasteiger partial charge is 0.311 e. The molecule has 22 heavy (non-hydrogen) atoms. The molecule has 0 spiro atoms.